The van der Waals surface area contributed by atoms with Gasteiger partial charge in [-0.15, -0.1) is 0 Å². The third-order valence-electron chi connectivity index (χ3n) is 4.83. The van der Waals surface area contributed by atoms with Crippen molar-refractivity contribution in [3.05, 3.63) is 53.9 Å². The monoisotopic (exact) mass is 441 g/mol. The lowest BCUT2D eigenvalue weighted by atomic mass is 10.2. The van der Waals surface area contributed by atoms with Gasteiger partial charge in [0.1, 0.15) is 16.7 Å². The molecule has 0 saturated heterocycles. The molecule has 0 aliphatic heterocycles. The number of rotatable bonds is 6. The van der Waals surface area contributed by atoms with E-state index in [4.69, 9.17) is 15.2 Å². The van der Waals surface area contributed by atoms with Crippen molar-refractivity contribution in [1.82, 2.24) is 24.3 Å². The maximum Gasteiger partial charge on any atom is 0.193 e. The van der Waals surface area contributed by atoms with Crippen LogP contribution in [0.25, 0.3) is 22.4 Å². The van der Waals surface area contributed by atoms with E-state index in [1.165, 1.54) is 14.2 Å². The predicted molar refractivity (Wildman–Crippen MR) is 113 cm³/mol. The average molecular weight is 441 g/mol. The third kappa shape index (κ3) is 3.78. The Labute approximate surface area is 181 Å². The summed E-state index contributed by atoms with van der Waals surface area (Å²) >= 11 is 0. The van der Waals surface area contributed by atoms with E-state index in [1.807, 2.05) is 6.20 Å². The molecular formula is C21H21F2N7O2. The molecule has 9 nitrogen and oxygen atoms in total. The van der Waals surface area contributed by atoms with Crippen LogP contribution in [-0.2, 0) is 13.6 Å². The number of aryl methyl sites for hydroxylation is 1. The highest BCUT2D eigenvalue weighted by Gasteiger charge is 2.20. The molecule has 0 aliphatic carbocycles. The van der Waals surface area contributed by atoms with Crippen LogP contribution in [0.5, 0.6) is 11.5 Å². The van der Waals surface area contributed by atoms with Gasteiger partial charge in [0.15, 0.2) is 28.8 Å². The van der Waals surface area contributed by atoms with E-state index in [1.54, 1.807) is 40.8 Å². The first-order valence-electron chi connectivity index (χ1n) is 9.67. The number of methoxy groups -OCH3 is 2. The summed E-state index contributed by atoms with van der Waals surface area (Å²) in [5.41, 5.74) is 7.92. The van der Waals surface area contributed by atoms with Crippen molar-refractivity contribution in [2.75, 3.05) is 20.8 Å². The zero-order valence-electron chi connectivity index (χ0n) is 17.7. The lowest BCUT2D eigenvalue weighted by molar-refractivity contribution is 0.359. The summed E-state index contributed by atoms with van der Waals surface area (Å²) in [6, 6.07) is 4.40. The summed E-state index contributed by atoms with van der Waals surface area (Å²) in [6.07, 6.45) is 5.12. The van der Waals surface area contributed by atoms with E-state index in [9.17, 15) is 8.78 Å². The van der Waals surface area contributed by atoms with Gasteiger partial charge in [-0.25, -0.2) is 18.8 Å². The topological polar surface area (TPSA) is 105 Å². The van der Waals surface area contributed by atoms with Gasteiger partial charge in [-0.3, -0.25) is 9.67 Å². The lowest BCUT2D eigenvalue weighted by Crippen LogP contribution is -2.25. The summed E-state index contributed by atoms with van der Waals surface area (Å²) < 4.78 is 43.0. The molecule has 4 aromatic rings. The molecule has 32 heavy (non-hydrogen) atoms. The number of pyridine rings is 1. The minimum absolute atomic E-state index is 0.188. The highest BCUT2D eigenvalue weighted by Crippen LogP contribution is 2.36. The van der Waals surface area contributed by atoms with Crippen LogP contribution in [-0.4, -0.2) is 45.1 Å². The molecule has 4 rings (SSSR count). The molecule has 0 spiro atoms. The highest BCUT2D eigenvalue weighted by atomic mass is 19.1. The van der Waals surface area contributed by atoms with E-state index >= 15 is 0 Å². The zero-order chi connectivity index (χ0) is 22.8. The SMILES string of the molecule is COc1cc(OC)c(F)c(N=c2ccc3ncc(-c4cnn(C)c4)nc3n2CCN)c1F. The second kappa shape index (κ2) is 8.71. The number of halogens is 2. The van der Waals surface area contributed by atoms with Crippen molar-refractivity contribution in [3.8, 4) is 22.8 Å². The fourth-order valence-corrected chi connectivity index (χ4v) is 3.28. The maximum atomic E-state index is 14.9. The fraction of sp³-hybridized carbons (Fsp3) is 0.238. The maximum absolute atomic E-state index is 14.9. The second-order valence-electron chi connectivity index (χ2n) is 6.87. The Kier molecular flexibility index (Phi) is 5.82. The van der Waals surface area contributed by atoms with Crippen LogP contribution >= 0.6 is 0 Å². The summed E-state index contributed by atoms with van der Waals surface area (Å²) in [6.45, 7) is 0.545. The Morgan fingerprint density at radius 1 is 1.09 bits per heavy atom. The summed E-state index contributed by atoms with van der Waals surface area (Å²) in [5.74, 6) is -2.26. The van der Waals surface area contributed by atoms with Crippen LogP contribution in [0.15, 0.2) is 41.8 Å². The lowest BCUT2D eigenvalue weighted by Gasteiger charge is -2.12. The van der Waals surface area contributed by atoms with Crippen LogP contribution in [0.3, 0.4) is 0 Å². The molecule has 0 radical (unpaired) electrons. The van der Waals surface area contributed by atoms with Crippen LogP contribution in [0, 0.1) is 11.6 Å². The van der Waals surface area contributed by atoms with Gasteiger partial charge in [0, 0.05) is 38.0 Å². The van der Waals surface area contributed by atoms with Gasteiger partial charge < -0.3 is 19.8 Å². The summed E-state index contributed by atoms with van der Waals surface area (Å²) in [7, 11) is 4.36. The quantitative estimate of drug-likeness (QED) is 0.492. The molecule has 0 saturated carbocycles. The number of fused-ring (bicyclic) bond motifs is 1. The molecule has 0 unspecified atom stereocenters. The van der Waals surface area contributed by atoms with Gasteiger partial charge in [-0.1, -0.05) is 0 Å². The molecule has 3 aromatic heterocycles. The van der Waals surface area contributed by atoms with Crippen molar-refractivity contribution in [1.29, 1.82) is 0 Å². The van der Waals surface area contributed by atoms with Gasteiger partial charge in [0.25, 0.3) is 0 Å². The van der Waals surface area contributed by atoms with Crippen LogP contribution in [0.1, 0.15) is 0 Å². The van der Waals surface area contributed by atoms with Crippen molar-refractivity contribution in [2.45, 2.75) is 6.54 Å². The van der Waals surface area contributed by atoms with Gasteiger partial charge in [-0.2, -0.15) is 5.10 Å². The van der Waals surface area contributed by atoms with Gasteiger partial charge in [0.05, 0.1) is 32.3 Å². The minimum Gasteiger partial charge on any atom is -0.493 e. The molecule has 11 heteroatoms. The number of hydrogen-bond acceptors (Lipinski definition) is 7. The first-order valence-corrected chi connectivity index (χ1v) is 9.67. The zero-order valence-corrected chi connectivity index (χ0v) is 17.7. The fourth-order valence-electron chi connectivity index (χ4n) is 3.28. The number of hydrogen-bond donors (Lipinski definition) is 1. The number of nitrogens with two attached hydrogens (primary N) is 1. The highest BCUT2D eigenvalue weighted by molar-refractivity contribution is 5.73. The second-order valence-corrected chi connectivity index (χ2v) is 6.87. The van der Waals surface area contributed by atoms with Crippen LogP contribution in [0.2, 0.25) is 0 Å². The molecule has 166 valence electrons. The van der Waals surface area contributed by atoms with Gasteiger partial charge in [-0.05, 0) is 12.1 Å². The van der Waals surface area contributed by atoms with Crippen molar-refractivity contribution in [2.24, 2.45) is 17.8 Å². The van der Waals surface area contributed by atoms with E-state index in [0.717, 1.165) is 11.6 Å². The molecule has 0 amide bonds. The first-order chi connectivity index (χ1) is 15.5. The standard InChI is InChI=1S/C21H21F2N7O2/c1-29-11-12(9-26-29)14-10-25-13-4-5-17(30(7-6-24)21(13)27-14)28-20-18(22)15(31-2)8-16(32-3)19(20)23/h4-5,8-11H,6-7,24H2,1-3H3. The Morgan fingerprint density at radius 2 is 1.81 bits per heavy atom. The average Bonchev–Trinajstić information content (AvgIpc) is 3.24. The smallest absolute Gasteiger partial charge is 0.193 e. The van der Waals surface area contributed by atoms with E-state index in [0.29, 0.717) is 23.4 Å². The molecule has 3 heterocycles. The molecule has 0 atom stereocenters. The Balaban J connectivity index is 1.99. The largest absolute Gasteiger partial charge is 0.493 e. The minimum atomic E-state index is -0.944. The van der Waals surface area contributed by atoms with Crippen LogP contribution < -0.4 is 20.7 Å². The Hall–Kier alpha value is -3.86. The van der Waals surface area contributed by atoms with Gasteiger partial charge >= 0.3 is 0 Å². The Bertz CT molecular complexity index is 1340. The number of nitrogens with zero attached hydrogens (tertiary/aromatic N) is 6. The van der Waals surface area contributed by atoms with E-state index in [-0.39, 0.29) is 23.5 Å². The van der Waals surface area contributed by atoms with E-state index < -0.39 is 17.3 Å². The molecule has 1 aromatic carbocycles. The predicted octanol–water partition coefficient (Wildman–Crippen LogP) is 2.32. The van der Waals surface area contributed by atoms with Gasteiger partial charge in [0.2, 0.25) is 0 Å². The molecule has 0 fully saturated rings. The van der Waals surface area contributed by atoms with Crippen molar-refractivity contribution in [3.63, 3.8) is 0 Å². The summed E-state index contributed by atoms with van der Waals surface area (Å²) in [5, 5.41) is 4.15. The van der Waals surface area contributed by atoms with E-state index in [2.05, 4.69) is 20.1 Å². The molecule has 2 N–H and O–H groups in total. The normalized spacial score (nSPS) is 11.9. The Morgan fingerprint density at radius 3 is 2.41 bits per heavy atom. The number of aromatic nitrogens is 5. The van der Waals surface area contributed by atoms with Crippen molar-refractivity contribution < 1.29 is 18.3 Å². The number of ether oxygens (including phenoxy) is 2. The number of benzene rings is 1. The third-order valence-corrected chi connectivity index (χ3v) is 4.83. The summed E-state index contributed by atoms with van der Waals surface area (Å²) in [4.78, 5) is 13.4. The molecule has 0 aliphatic rings. The van der Waals surface area contributed by atoms with Crippen molar-refractivity contribution >= 4 is 16.9 Å². The van der Waals surface area contributed by atoms with Crippen LogP contribution in [0.4, 0.5) is 14.5 Å². The first kappa shape index (κ1) is 21.4. The molecule has 0 bridgehead atoms. The molecular weight excluding hydrogens is 420 g/mol.